The van der Waals surface area contributed by atoms with Crippen molar-refractivity contribution in [1.82, 2.24) is 15.2 Å². The van der Waals surface area contributed by atoms with Gasteiger partial charge in [0, 0.05) is 43.6 Å². The molecule has 1 aromatic heterocycles. The number of aromatic nitrogens is 1. The fourth-order valence-electron chi connectivity index (χ4n) is 3.79. The van der Waals surface area contributed by atoms with Crippen LogP contribution in [0.25, 0.3) is 11.1 Å². The Balaban J connectivity index is 1.22. The summed E-state index contributed by atoms with van der Waals surface area (Å²) in [6.45, 7) is 5.73. The molecule has 1 fully saturated rings. The lowest BCUT2D eigenvalue weighted by Crippen LogP contribution is -2.38. The van der Waals surface area contributed by atoms with Gasteiger partial charge in [0.15, 0.2) is 0 Å². The Bertz CT molecular complexity index is 930. The highest BCUT2D eigenvalue weighted by Crippen LogP contribution is 2.22. The summed E-state index contributed by atoms with van der Waals surface area (Å²) in [7, 11) is 0. The third kappa shape index (κ3) is 6.77. The molecule has 2 aromatic rings. The van der Waals surface area contributed by atoms with E-state index in [0.717, 1.165) is 68.3 Å². The van der Waals surface area contributed by atoms with Crippen molar-refractivity contribution in [2.24, 2.45) is 0 Å². The number of allylic oxidation sites excluding steroid dienone is 2. The van der Waals surface area contributed by atoms with Crippen LogP contribution in [-0.2, 0) is 16.0 Å². The first-order valence-corrected chi connectivity index (χ1v) is 11.4. The van der Waals surface area contributed by atoms with Crippen LogP contribution in [0.4, 0.5) is 0 Å². The Morgan fingerprint density at radius 1 is 1.06 bits per heavy atom. The van der Waals surface area contributed by atoms with Crippen LogP contribution >= 0.6 is 0 Å². The molecular formula is C26H31N3O3. The van der Waals surface area contributed by atoms with Gasteiger partial charge in [0.05, 0.1) is 19.6 Å². The number of carbonyl (C=O) groups is 1. The molecule has 1 aromatic carbocycles. The van der Waals surface area contributed by atoms with Gasteiger partial charge in [-0.25, -0.2) is 0 Å². The molecule has 0 saturated carbocycles. The number of benzene rings is 1. The molecule has 2 aliphatic rings. The van der Waals surface area contributed by atoms with Crippen LogP contribution in [0, 0.1) is 0 Å². The van der Waals surface area contributed by atoms with E-state index in [9.17, 15) is 4.79 Å². The lowest BCUT2D eigenvalue weighted by Gasteiger charge is -2.26. The van der Waals surface area contributed by atoms with Gasteiger partial charge in [0.1, 0.15) is 12.4 Å². The topological polar surface area (TPSA) is 63.7 Å². The summed E-state index contributed by atoms with van der Waals surface area (Å²) in [4.78, 5) is 19.0. The molecule has 2 heterocycles. The Morgan fingerprint density at radius 3 is 2.59 bits per heavy atom. The van der Waals surface area contributed by atoms with Crippen molar-refractivity contribution >= 4 is 5.91 Å². The minimum atomic E-state index is -0.0105. The van der Waals surface area contributed by atoms with Gasteiger partial charge in [0.25, 0.3) is 0 Å². The van der Waals surface area contributed by atoms with E-state index in [2.05, 4.69) is 33.4 Å². The van der Waals surface area contributed by atoms with Crippen LogP contribution in [0.5, 0.6) is 5.75 Å². The third-order valence-electron chi connectivity index (χ3n) is 5.70. The van der Waals surface area contributed by atoms with E-state index in [1.165, 1.54) is 5.57 Å². The average molecular weight is 434 g/mol. The molecule has 6 nitrogen and oxygen atoms in total. The fourth-order valence-corrected chi connectivity index (χ4v) is 3.79. The zero-order chi connectivity index (χ0) is 22.0. The maximum absolute atomic E-state index is 12.2. The first kappa shape index (κ1) is 22.2. The minimum absolute atomic E-state index is 0.0105. The predicted octanol–water partition coefficient (Wildman–Crippen LogP) is 3.39. The van der Waals surface area contributed by atoms with Crippen LogP contribution < -0.4 is 10.1 Å². The van der Waals surface area contributed by atoms with E-state index in [1.807, 2.05) is 42.6 Å². The molecule has 6 heteroatoms. The molecule has 4 rings (SSSR count). The van der Waals surface area contributed by atoms with Crippen molar-refractivity contribution in [3.63, 3.8) is 0 Å². The first-order valence-electron chi connectivity index (χ1n) is 11.4. The van der Waals surface area contributed by atoms with E-state index >= 15 is 0 Å². The maximum atomic E-state index is 12.2. The molecule has 32 heavy (non-hydrogen) atoms. The second-order valence-corrected chi connectivity index (χ2v) is 8.08. The monoisotopic (exact) mass is 433 g/mol. The predicted molar refractivity (Wildman–Crippen MR) is 126 cm³/mol. The van der Waals surface area contributed by atoms with Gasteiger partial charge in [0.2, 0.25) is 5.91 Å². The van der Waals surface area contributed by atoms with Gasteiger partial charge in [-0.1, -0.05) is 36.4 Å². The number of morpholine rings is 1. The number of carbonyl (C=O) groups excluding carboxylic acids is 1. The van der Waals surface area contributed by atoms with Crippen LogP contribution in [0.15, 0.2) is 66.4 Å². The van der Waals surface area contributed by atoms with Crippen LogP contribution in [0.1, 0.15) is 18.5 Å². The lowest BCUT2D eigenvalue weighted by molar-refractivity contribution is -0.120. The number of amides is 1. The number of pyridine rings is 1. The summed E-state index contributed by atoms with van der Waals surface area (Å²) in [5.74, 6) is 0.856. The smallest absolute Gasteiger partial charge is 0.226 e. The second-order valence-electron chi connectivity index (χ2n) is 8.08. The first-order chi connectivity index (χ1) is 15.8. The van der Waals surface area contributed by atoms with Gasteiger partial charge >= 0.3 is 0 Å². The highest BCUT2D eigenvalue weighted by atomic mass is 16.5. The van der Waals surface area contributed by atoms with Crippen molar-refractivity contribution < 1.29 is 14.3 Å². The highest BCUT2D eigenvalue weighted by molar-refractivity contribution is 5.78. The van der Waals surface area contributed by atoms with Gasteiger partial charge in [-0.15, -0.1) is 0 Å². The van der Waals surface area contributed by atoms with Gasteiger partial charge in [-0.2, -0.15) is 0 Å². The molecule has 1 saturated heterocycles. The molecule has 0 atom stereocenters. The van der Waals surface area contributed by atoms with Crippen LogP contribution in [-0.4, -0.2) is 61.8 Å². The standard InChI is InChI=1S/C26H31N3O3/c30-26(28-19-21-4-2-1-3-5-21)18-24-9-6-23(20-27-24)22-7-10-25(11-8-22)32-17-14-29-12-15-31-16-13-29/h2,4-11,20H,1,3,12-19H2,(H,28,30). The number of ether oxygens (including phenoxy) is 2. The molecule has 0 spiro atoms. The van der Waals surface area contributed by atoms with Gasteiger partial charge < -0.3 is 14.8 Å². The number of rotatable bonds is 9. The molecule has 0 unspecified atom stereocenters. The fraction of sp³-hybridized carbons (Fsp3) is 0.385. The number of nitrogens with one attached hydrogen (secondary N) is 1. The number of nitrogens with zero attached hydrogens (tertiary/aromatic N) is 2. The van der Waals surface area contributed by atoms with Gasteiger partial charge in [-0.3, -0.25) is 14.7 Å². The second kappa shape index (κ2) is 11.6. The Labute approximate surface area is 189 Å². The SMILES string of the molecule is O=C(Cc1ccc(-c2ccc(OCCN3CCOCC3)cc2)cn1)NCC1=CCCC=C1. The normalized spacial score (nSPS) is 16.4. The molecular weight excluding hydrogens is 402 g/mol. The summed E-state index contributed by atoms with van der Waals surface area (Å²) in [6.07, 6.45) is 10.6. The van der Waals surface area contributed by atoms with E-state index in [4.69, 9.17) is 9.47 Å². The molecule has 1 aliphatic carbocycles. The van der Waals surface area contributed by atoms with Crippen molar-refractivity contribution in [3.05, 3.63) is 72.1 Å². The van der Waals surface area contributed by atoms with Crippen molar-refractivity contribution in [2.45, 2.75) is 19.3 Å². The maximum Gasteiger partial charge on any atom is 0.226 e. The van der Waals surface area contributed by atoms with Crippen molar-refractivity contribution in [1.29, 1.82) is 0 Å². The molecule has 168 valence electrons. The quantitative estimate of drug-likeness (QED) is 0.657. The molecule has 0 radical (unpaired) electrons. The Hall–Kier alpha value is -2.96. The Kier molecular flexibility index (Phi) is 8.06. The molecule has 1 N–H and O–H groups in total. The summed E-state index contributed by atoms with van der Waals surface area (Å²) < 4.78 is 11.2. The molecule has 1 aliphatic heterocycles. The molecule has 1 amide bonds. The summed E-state index contributed by atoms with van der Waals surface area (Å²) in [6, 6.07) is 12.0. The highest BCUT2D eigenvalue weighted by Gasteiger charge is 2.10. The summed E-state index contributed by atoms with van der Waals surface area (Å²) >= 11 is 0. The lowest BCUT2D eigenvalue weighted by atomic mass is 10.1. The largest absolute Gasteiger partial charge is 0.492 e. The number of hydrogen-bond acceptors (Lipinski definition) is 5. The van der Waals surface area contributed by atoms with Crippen molar-refractivity contribution in [3.8, 4) is 16.9 Å². The minimum Gasteiger partial charge on any atom is -0.492 e. The summed E-state index contributed by atoms with van der Waals surface area (Å²) in [5.41, 5.74) is 4.03. The zero-order valence-electron chi connectivity index (χ0n) is 18.5. The van der Waals surface area contributed by atoms with Crippen LogP contribution in [0.2, 0.25) is 0 Å². The van der Waals surface area contributed by atoms with E-state index in [-0.39, 0.29) is 12.3 Å². The third-order valence-corrected chi connectivity index (χ3v) is 5.70. The Morgan fingerprint density at radius 2 is 1.88 bits per heavy atom. The van der Waals surface area contributed by atoms with E-state index in [1.54, 1.807) is 0 Å². The van der Waals surface area contributed by atoms with Crippen molar-refractivity contribution in [2.75, 3.05) is 46.0 Å². The number of hydrogen-bond donors (Lipinski definition) is 1. The zero-order valence-corrected chi connectivity index (χ0v) is 18.5. The van der Waals surface area contributed by atoms with Gasteiger partial charge in [-0.05, 0) is 42.2 Å². The average Bonchev–Trinajstić information content (AvgIpc) is 2.85. The van der Waals surface area contributed by atoms with E-state index < -0.39 is 0 Å². The molecule has 0 bridgehead atoms. The van der Waals surface area contributed by atoms with E-state index in [0.29, 0.717) is 13.2 Å². The summed E-state index contributed by atoms with van der Waals surface area (Å²) in [5, 5.41) is 2.97. The van der Waals surface area contributed by atoms with Crippen LogP contribution in [0.3, 0.4) is 0 Å².